The Bertz CT molecular complexity index is 737. The highest BCUT2D eigenvalue weighted by molar-refractivity contribution is 9.10. The molecule has 0 unspecified atom stereocenters. The fraction of sp³-hybridized carbons (Fsp3) is 0.316. The summed E-state index contributed by atoms with van der Waals surface area (Å²) in [7, 11) is 3.28. The molecule has 0 aliphatic heterocycles. The van der Waals surface area contributed by atoms with E-state index in [-0.39, 0.29) is 0 Å². The molecule has 2 aromatic carbocycles. The molecule has 0 radical (unpaired) electrons. The Kier molecular flexibility index (Phi) is 7.52. The number of benzene rings is 2. The molecule has 0 spiro atoms. The number of hydrogen-bond acceptors (Lipinski definition) is 3. The molecule has 0 heterocycles. The van der Waals surface area contributed by atoms with Crippen molar-refractivity contribution in [3.63, 3.8) is 0 Å². The van der Waals surface area contributed by atoms with Gasteiger partial charge >= 0.3 is 0 Å². The van der Waals surface area contributed by atoms with Crippen molar-refractivity contribution in [2.24, 2.45) is 0 Å². The number of halogens is 1. The molecule has 2 rings (SSSR count). The monoisotopic (exact) mass is 422 g/mol. The van der Waals surface area contributed by atoms with Crippen molar-refractivity contribution in [2.75, 3.05) is 26.1 Å². The van der Waals surface area contributed by atoms with Crippen molar-refractivity contribution < 1.29 is 9.47 Å². The van der Waals surface area contributed by atoms with Crippen LogP contribution in [0.3, 0.4) is 0 Å². The molecule has 25 heavy (non-hydrogen) atoms. The average Bonchev–Trinajstić information content (AvgIpc) is 2.62. The van der Waals surface area contributed by atoms with Crippen LogP contribution in [0.2, 0.25) is 0 Å². The van der Waals surface area contributed by atoms with Gasteiger partial charge in [0.1, 0.15) is 0 Å². The van der Waals surface area contributed by atoms with Crippen molar-refractivity contribution in [2.45, 2.75) is 19.8 Å². The van der Waals surface area contributed by atoms with Crippen molar-refractivity contribution in [3.05, 3.63) is 52.0 Å². The van der Waals surface area contributed by atoms with Gasteiger partial charge in [-0.1, -0.05) is 28.9 Å². The van der Waals surface area contributed by atoms with Gasteiger partial charge in [0, 0.05) is 16.7 Å². The van der Waals surface area contributed by atoms with E-state index < -0.39 is 0 Å². The van der Waals surface area contributed by atoms with Gasteiger partial charge in [0.15, 0.2) is 16.6 Å². The maximum absolute atomic E-state index is 5.40. The van der Waals surface area contributed by atoms with E-state index in [1.807, 2.05) is 30.3 Å². The van der Waals surface area contributed by atoms with Crippen molar-refractivity contribution in [3.8, 4) is 11.5 Å². The minimum absolute atomic E-state index is 0.623. The van der Waals surface area contributed by atoms with Gasteiger partial charge in [-0.25, -0.2) is 0 Å². The van der Waals surface area contributed by atoms with Gasteiger partial charge in [0.25, 0.3) is 0 Å². The Morgan fingerprint density at radius 1 is 1.08 bits per heavy atom. The molecular formula is C19H23BrN2O2S. The predicted molar refractivity (Wildman–Crippen MR) is 111 cm³/mol. The summed E-state index contributed by atoms with van der Waals surface area (Å²) in [6, 6.07) is 12.1. The van der Waals surface area contributed by atoms with E-state index in [0.29, 0.717) is 5.11 Å². The first-order chi connectivity index (χ1) is 12.1. The highest BCUT2D eigenvalue weighted by Crippen LogP contribution is 2.27. The normalized spacial score (nSPS) is 10.2. The third-order valence-electron chi connectivity index (χ3n) is 3.84. The lowest BCUT2D eigenvalue weighted by Crippen LogP contribution is -2.30. The minimum atomic E-state index is 0.623. The van der Waals surface area contributed by atoms with Gasteiger partial charge in [-0.15, -0.1) is 0 Å². The molecule has 4 nitrogen and oxygen atoms in total. The summed E-state index contributed by atoms with van der Waals surface area (Å²) in [5.74, 6) is 1.47. The highest BCUT2D eigenvalue weighted by Gasteiger charge is 2.06. The van der Waals surface area contributed by atoms with Crippen molar-refractivity contribution >= 4 is 38.9 Å². The number of nitrogens with one attached hydrogen (secondary N) is 2. The van der Waals surface area contributed by atoms with Crippen LogP contribution in [0, 0.1) is 0 Å². The Labute approximate surface area is 163 Å². The highest BCUT2D eigenvalue weighted by atomic mass is 79.9. The molecule has 0 saturated heterocycles. The number of anilines is 1. The van der Waals surface area contributed by atoms with Crippen LogP contribution in [0.1, 0.15) is 18.1 Å². The second-order valence-corrected chi connectivity index (χ2v) is 6.80. The molecule has 0 aromatic heterocycles. The summed E-state index contributed by atoms with van der Waals surface area (Å²) in [6.45, 7) is 2.86. The van der Waals surface area contributed by atoms with Gasteiger partial charge in [0.2, 0.25) is 0 Å². The zero-order valence-electron chi connectivity index (χ0n) is 14.7. The summed E-state index contributed by atoms with van der Waals surface area (Å²) in [5, 5.41) is 7.14. The number of aryl methyl sites for hydroxylation is 1. The number of ether oxygens (including phenoxy) is 2. The molecular weight excluding hydrogens is 400 g/mol. The summed E-state index contributed by atoms with van der Waals surface area (Å²) in [6.07, 6.45) is 1.78. The maximum atomic E-state index is 5.40. The van der Waals surface area contributed by atoms with Gasteiger partial charge < -0.3 is 20.1 Å². The van der Waals surface area contributed by atoms with Gasteiger partial charge in [-0.3, -0.25) is 0 Å². The SMILES string of the molecule is CCc1cc(Br)ccc1NC(=S)NCCc1ccc(OC)c(OC)c1. The van der Waals surface area contributed by atoms with Crippen molar-refractivity contribution in [1.82, 2.24) is 5.32 Å². The largest absolute Gasteiger partial charge is 0.493 e. The minimum Gasteiger partial charge on any atom is -0.493 e. The first-order valence-corrected chi connectivity index (χ1v) is 9.31. The van der Waals surface area contributed by atoms with E-state index in [1.165, 1.54) is 5.56 Å². The number of rotatable bonds is 7. The van der Waals surface area contributed by atoms with Crippen LogP contribution >= 0.6 is 28.1 Å². The Hall–Kier alpha value is -1.79. The van der Waals surface area contributed by atoms with E-state index in [1.54, 1.807) is 14.2 Å². The van der Waals surface area contributed by atoms with Crippen LogP contribution in [0.5, 0.6) is 11.5 Å². The Morgan fingerprint density at radius 3 is 2.52 bits per heavy atom. The molecule has 6 heteroatoms. The first kappa shape index (κ1) is 19.5. The van der Waals surface area contributed by atoms with Crippen LogP contribution in [0.4, 0.5) is 5.69 Å². The third kappa shape index (κ3) is 5.61. The van der Waals surface area contributed by atoms with Crippen molar-refractivity contribution in [1.29, 1.82) is 0 Å². The van der Waals surface area contributed by atoms with Crippen LogP contribution < -0.4 is 20.1 Å². The predicted octanol–water partition coefficient (Wildman–Crippen LogP) is 4.56. The maximum Gasteiger partial charge on any atom is 0.170 e. The van der Waals surface area contributed by atoms with E-state index >= 15 is 0 Å². The lowest BCUT2D eigenvalue weighted by Gasteiger charge is -2.14. The number of thiocarbonyl (C=S) groups is 1. The standard InChI is InChI=1S/C19H23BrN2O2S/c1-4-14-12-15(20)6-7-16(14)22-19(25)21-10-9-13-5-8-17(23-2)18(11-13)24-3/h5-8,11-12H,4,9-10H2,1-3H3,(H2,21,22,25). The molecule has 2 aromatic rings. The molecule has 0 amide bonds. The smallest absolute Gasteiger partial charge is 0.170 e. The quantitative estimate of drug-likeness (QED) is 0.640. The van der Waals surface area contributed by atoms with Gasteiger partial charge in [0.05, 0.1) is 14.2 Å². The molecule has 0 saturated carbocycles. The number of methoxy groups -OCH3 is 2. The van der Waals surface area contributed by atoms with Gasteiger partial charge in [-0.05, 0) is 66.5 Å². The lowest BCUT2D eigenvalue weighted by molar-refractivity contribution is 0.354. The summed E-state index contributed by atoms with van der Waals surface area (Å²) in [4.78, 5) is 0. The lowest BCUT2D eigenvalue weighted by atomic mass is 10.1. The second kappa shape index (κ2) is 9.63. The second-order valence-electron chi connectivity index (χ2n) is 5.48. The van der Waals surface area contributed by atoms with Crippen LogP contribution in [-0.4, -0.2) is 25.9 Å². The fourth-order valence-corrected chi connectivity index (χ4v) is 3.12. The average molecular weight is 423 g/mol. The first-order valence-electron chi connectivity index (χ1n) is 8.11. The molecule has 134 valence electrons. The fourth-order valence-electron chi connectivity index (χ4n) is 2.50. The molecule has 2 N–H and O–H groups in total. The molecule has 0 fully saturated rings. The van der Waals surface area contributed by atoms with E-state index in [2.05, 4.69) is 39.6 Å². The Balaban J connectivity index is 1.88. The zero-order chi connectivity index (χ0) is 18.2. The molecule has 0 aliphatic carbocycles. The Morgan fingerprint density at radius 2 is 1.84 bits per heavy atom. The van der Waals surface area contributed by atoms with Gasteiger partial charge in [-0.2, -0.15) is 0 Å². The van der Waals surface area contributed by atoms with Crippen LogP contribution in [-0.2, 0) is 12.8 Å². The van der Waals surface area contributed by atoms with Crippen LogP contribution in [0.15, 0.2) is 40.9 Å². The molecule has 0 atom stereocenters. The third-order valence-corrected chi connectivity index (χ3v) is 4.58. The van der Waals surface area contributed by atoms with E-state index in [9.17, 15) is 0 Å². The number of hydrogen-bond donors (Lipinski definition) is 2. The van der Waals surface area contributed by atoms with Crippen LogP contribution in [0.25, 0.3) is 0 Å². The summed E-state index contributed by atoms with van der Waals surface area (Å²) < 4.78 is 11.7. The topological polar surface area (TPSA) is 42.5 Å². The zero-order valence-corrected chi connectivity index (χ0v) is 17.1. The molecule has 0 aliphatic rings. The summed E-state index contributed by atoms with van der Waals surface area (Å²) in [5.41, 5.74) is 3.42. The summed E-state index contributed by atoms with van der Waals surface area (Å²) >= 11 is 8.90. The van der Waals surface area contributed by atoms with E-state index in [4.69, 9.17) is 21.7 Å². The van der Waals surface area contributed by atoms with E-state index in [0.717, 1.165) is 46.6 Å². The molecule has 0 bridgehead atoms.